The standard InChI is InChI=1S/C14H27NO2/c1-13(2,3)15-9-7-11(8-10-15)12(16)17-14(4,5)6/h11H,7-10H2,1-6H3. The van der Waals surface area contributed by atoms with Gasteiger partial charge in [-0.1, -0.05) is 0 Å². The Balaban J connectivity index is 2.45. The van der Waals surface area contributed by atoms with Gasteiger partial charge in [0, 0.05) is 5.54 Å². The molecule has 1 fully saturated rings. The SMILES string of the molecule is CC(C)(C)OC(=O)C1CCN(C(C)(C)C)CC1. The first kappa shape index (κ1) is 14.5. The molecular formula is C14H27NO2. The lowest BCUT2D eigenvalue weighted by atomic mass is 9.93. The molecule has 0 bridgehead atoms. The van der Waals surface area contributed by atoms with Crippen molar-refractivity contribution in [2.45, 2.75) is 65.5 Å². The van der Waals surface area contributed by atoms with Crippen LogP contribution in [0.1, 0.15) is 54.4 Å². The van der Waals surface area contributed by atoms with Crippen molar-refractivity contribution in [3.8, 4) is 0 Å². The molecule has 3 nitrogen and oxygen atoms in total. The molecule has 0 saturated carbocycles. The van der Waals surface area contributed by atoms with Crippen LogP contribution in [0.15, 0.2) is 0 Å². The predicted molar refractivity (Wildman–Crippen MR) is 69.9 cm³/mol. The van der Waals surface area contributed by atoms with E-state index in [0.29, 0.717) is 0 Å². The van der Waals surface area contributed by atoms with Crippen LogP contribution in [0.25, 0.3) is 0 Å². The number of esters is 1. The number of ether oxygens (including phenoxy) is 1. The molecule has 0 radical (unpaired) electrons. The first-order chi connectivity index (χ1) is 7.59. The van der Waals surface area contributed by atoms with Gasteiger partial charge in [-0.05, 0) is 67.5 Å². The highest BCUT2D eigenvalue weighted by Crippen LogP contribution is 2.25. The number of carbonyl (C=O) groups excluding carboxylic acids is 1. The molecule has 1 aliphatic heterocycles. The van der Waals surface area contributed by atoms with Crippen molar-refractivity contribution in [3.05, 3.63) is 0 Å². The Morgan fingerprint density at radius 2 is 1.53 bits per heavy atom. The van der Waals surface area contributed by atoms with Crippen molar-refractivity contribution < 1.29 is 9.53 Å². The smallest absolute Gasteiger partial charge is 0.309 e. The minimum atomic E-state index is -0.363. The topological polar surface area (TPSA) is 29.5 Å². The third kappa shape index (κ3) is 4.66. The van der Waals surface area contributed by atoms with Crippen LogP contribution in [0.5, 0.6) is 0 Å². The van der Waals surface area contributed by atoms with Crippen molar-refractivity contribution in [2.75, 3.05) is 13.1 Å². The van der Waals surface area contributed by atoms with Gasteiger partial charge in [-0.25, -0.2) is 0 Å². The monoisotopic (exact) mass is 241 g/mol. The predicted octanol–water partition coefficient (Wildman–Crippen LogP) is 2.84. The quantitative estimate of drug-likeness (QED) is 0.661. The summed E-state index contributed by atoms with van der Waals surface area (Å²) < 4.78 is 5.44. The molecule has 100 valence electrons. The molecular weight excluding hydrogens is 214 g/mol. The second-order valence-corrected chi connectivity index (χ2v) is 6.97. The van der Waals surface area contributed by atoms with Crippen molar-refractivity contribution in [1.29, 1.82) is 0 Å². The lowest BCUT2D eigenvalue weighted by Crippen LogP contribution is -2.47. The van der Waals surface area contributed by atoms with Gasteiger partial charge in [0.1, 0.15) is 5.60 Å². The maximum Gasteiger partial charge on any atom is 0.309 e. The van der Waals surface area contributed by atoms with Gasteiger partial charge in [0.2, 0.25) is 0 Å². The van der Waals surface area contributed by atoms with Crippen LogP contribution in [0.2, 0.25) is 0 Å². The highest BCUT2D eigenvalue weighted by atomic mass is 16.6. The number of hydrogen-bond acceptors (Lipinski definition) is 3. The number of piperidine rings is 1. The average Bonchev–Trinajstić information content (AvgIpc) is 2.14. The number of rotatable bonds is 1. The first-order valence-electron chi connectivity index (χ1n) is 6.57. The van der Waals surface area contributed by atoms with Gasteiger partial charge in [-0.3, -0.25) is 9.69 Å². The minimum Gasteiger partial charge on any atom is -0.460 e. The fraction of sp³-hybridized carbons (Fsp3) is 0.929. The van der Waals surface area contributed by atoms with E-state index >= 15 is 0 Å². The summed E-state index contributed by atoms with van der Waals surface area (Å²) in [4.78, 5) is 14.4. The van der Waals surface area contributed by atoms with Gasteiger partial charge in [0.25, 0.3) is 0 Å². The number of likely N-dealkylation sites (tertiary alicyclic amines) is 1. The van der Waals surface area contributed by atoms with Gasteiger partial charge in [0.05, 0.1) is 5.92 Å². The summed E-state index contributed by atoms with van der Waals surface area (Å²) in [6.45, 7) is 14.4. The van der Waals surface area contributed by atoms with E-state index in [1.165, 1.54) is 0 Å². The van der Waals surface area contributed by atoms with Crippen molar-refractivity contribution in [1.82, 2.24) is 4.90 Å². The fourth-order valence-electron chi connectivity index (χ4n) is 2.17. The van der Waals surface area contributed by atoms with Crippen molar-refractivity contribution in [2.24, 2.45) is 5.92 Å². The van der Waals surface area contributed by atoms with Gasteiger partial charge in [-0.15, -0.1) is 0 Å². The molecule has 0 aliphatic carbocycles. The summed E-state index contributed by atoms with van der Waals surface area (Å²) in [5.74, 6) is 0.0684. The zero-order valence-corrected chi connectivity index (χ0v) is 12.2. The normalized spacial score (nSPS) is 20.4. The minimum absolute atomic E-state index is 0.0222. The summed E-state index contributed by atoms with van der Waals surface area (Å²) in [5, 5.41) is 0. The van der Waals surface area contributed by atoms with Crippen molar-refractivity contribution >= 4 is 5.97 Å². The summed E-state index contributed by atoms with van der Waals surface area (Å²) in [7, 11) is 0. The Morgan fingerprint density at radius 3 is 1.88 bits per heavy atom. The van der Waals surface area contributed by atoms with E-state index in [2.05, 4.69) is 25.7 Å². The van der Waals surface area contributed by atoms with Crippen LogP contribution in [0.4, 0.5) is 0 Å². The second kappa shape index (κ2) is 4.97. The molecule has 0 spiro atoms. The molecule has 0 atom stereocenters. The second-order valence-electron chi connectivity index (χ2n) is 6.97. The van der Waals surface area contributed by atoms with Crippen LogP contribution >= 0.6 is 0 Å². The molecule has 3 heteroatoms. The van der Waals surface area contributed by atoms with Gasteiger partial charge >= 0.3 is 5.97 Å². The zero-order valence-electron chi connectivity index (χ0n) is 12.2. The van der Waals surface area contributed by atoms with E-state index in [1.807, 2.05) is 20.8 Å². The van der Waals surface area contributed by atoms with Gasteiger partial charge < -0.3 is 4.74 Å². The van der Waals surface area contributed by atoms with Crippen LogP contribution in [-0.2, 0) is 9.53 Å². The maximum atomic E-state index is 11.9. The summed E-state index contributed by atoms with van der Waals surface area (Å²) in [6.07, 6.45) is 1.85. The molecule has 0 aromatic heterocycles. The van der Waals surface area contributed by atoms with Crippen LogP contribution in [-0.4, -0.2) is 35.1 Å². The van der Waals surface area contributed by atoms with E-state index in [0.717, 1.165) is 25.9 Å². The third-order valence-corrected chi connectivity index (χ3v) is 3.18. The van der Waals surface area contributed by atoms with E-state index in [9.17, 15) is 4.79 Å². The average molecular weight is 241 g/mol. The molecule has 1 rings (SSSR count). The summed E-state index contributed by atoms with van der Waals surface area (Å²) in [6, 6.07) is 0. The van der Waals surface area contributed by atoms with E-state index in [4.69, 9.17) is 4.74 Å². The molecule has 17 heavy (non-hydrogen) atoms. The first-order valence-corrected chi connectivity index (χ1v) is 6.57. The number of hydrogen-bond donors (Lipinski definition) is 0. The van der Waals surface area contributed by atoms with E-state index in [-0.39, 0.29) is 23.0 Å². The molecule has 0 aromatic carbocycles. The van der Waals surface area contributed by atoms with Crippen molar-refractivity contribution in [3.63, 3.8) is 0 Å². The molecule has 1 saturated heterocycles. The zero-order chi connectivity index (χ0) is 13.3. The Morgan fingerprint density at radius 1 is 1.06 bits per heavy atom. The molecule has 0 aromatic rings. The lowest BCUT2D eigenvalue weighted by Gasteiger charge is -2.40. The highest BCUT2D eigenvalue weighted by molar-refractivity contribution is 5.73. The Labute approximate surface area is 106 Å². The molecule has 0 N–H and O–H groups in total. The number of nitrogens with zero attached hydrogens (tertiary/aromatic N) is 1. The lowest BCUT2D eigenvalue weighted by molar-refractivity contribution is -0.162. The third-order valence-electron chi connectivity index (χ3n) is 3.18. The van der Waals surface area contributed by atoms with Crippen LogP contribution < -0.4 is 0 Å². The molecule has 1 heterocycles. The van der Waals surface area contributed by atoms with E-state index in [1.54, 1.807) is 0 Å². The fourth-order valence-corrected chi connectivity index (χ4v) is 2.17. The Hall–Kier alpha value is -0.570. The maximum absolute atomic E-state index is 11.9. The van der Waals surface area contributed by atoms with Gasteiger partial charge in [-0.2, -0.15) is 0 Å². The molecule has 1 aliphatic rings. The summed E-state index contributed by atoms with van der Waals surface area (Å²) in [5.41, 5.74) is -0.156. The van der Waals surface area contributed by atoms with Crippen LogP contribution in [0, 0.1) is 5.92 Å². The molecule has 0 unspecified atom stereocenters. The largest absolute Gasteiger partial charge is 0.460 e. The summed E-state index contributed by atoms with van der Waals surface area (Å²) >= 11 is 0. The highest BCUT2D eigenvalue weighted by Gasteiger charge is 2.32. The number of carbonyl (C=O) groups is 1. The Kier molecular flexibility index (Phi) is 4.23. The Bertz CT molecular complexity index is 265. The van der Waals surface area contributed by atoms with Crippen LogP contribution in [0.3, 0.4) is 0 Å². The molecule has 0 amide bonds. The van der Waals surface area contributed by atoms with Gasteiger partial charge in [0.15, 0.2) is 0 Å². The van der Waals surface area contributed by atoms with E-state index < -0.39 is 0 Å².